The van der Waals surface area contributed by atoms with Crippen molar-refractivity contribution in [3.05, 3.63) is 65.7 Å². The van der Waals surface area contributed by atoms with Crippen molar-refractivity contribution in [2.75, 3.05) is 34.3 Å². The number of rotatable bonds is 8. The van der Waals surface area contributed by atoms with E-state index in [4.69, 9.17) is 17.0 Å². The number of hydrogen-bond acceptors (Lipinski definition) is 2. The monoisotopic (exact) mass is 358 g/mol. The van der Waals surface area contributed by atoms with E-state index in [0.717, 1.165) is 25.3 Å². The van der Waals surface area contributed by atoms with E-state index >= 15 is 0 Å². The second kappa shape index (κ2) is 10.0. The molecule has 134 valence electrons. The van der Waals surface area contributed by atoms with Crippen molar-refractivity contribution in [2.45, 2.75) is 12.5 Å². The molecule has 3 N–H and O–H groups in total. The maximum atomic E-state index is 5.41. The van der Waals surface area contributed by atoms with Crippen molar-refractivity contribution >= 4 is 17.3 Å². The van der Waals surface area contributed by atoms with E-state index in [1.54, 1.807) is 7.11 Å². The third-order valence-corrected chi connectivity index (χ3v) is 4.51. The molecule has 25 heavy (non-hydrogen) atoms. The Balaban J connectivity index is 1.75. The van der Waals surface area contributed by atoms with Crippen LogP contribution in [0.25, 0.3) is 0 Å². The summed E-state index contributed by atoms with van der Waals surface area (Å²) in [4.78, 5) is 1.37. The summed E-state index contributed by atoms with van der Waals surface area (Å²) in [6.45, 7) is 1.61. The number of thiocarbonyl (C=S) groups is 1. The fourth-order valence-corrected chi connectivity index (χ4v) is 2.90. The van der Waals surface area contributed by atoms with Crippen LogP contribution in [0.5, 0.6) is 5.75 Å². The van der Waals surface area contributed by atoms with Crippen molar-refractivity contribution in [2.24, 2.45) is 0 Å². The first kappa shape index (κ1) is 19.2. The quantitative estimate of drug-likeness (QED) is 0.627. The number of ether oxygens (including phenoxy) is 1. The van der Waals surface area contributed by atoms with E-state index in [1.165, 1.54) is 16.0 Å². The van der Waals surface area contributed by atoms with Crippen LogP contribution in [-0.4, -0.2) is 39.4 Å². The van der Waals surface area contributed by atoms with Crippen molar-refractivity contribution in [3.63, 3.8) is 0 Å². The first-order valence-corrected chi connectivity index (χ1v) is 9.00. The molecule has 0 aliphatic heterocycles. The van der Waals surface area contributed by atoms with E-state index in [-0.39, 0.29) is 0 Å². The fraction of sp³-hybridized carbons (Fsp3) is 0.350. The highest BCUT2D eigenvalue weighted by Gasteiger charge is 2.17. The Morgan fingerprint density at radius 3 is 2.32 bits per heavy atom. The van der Waals surface area contributed by atoms with E-state index in [0.29, 0.717) is 11.2 Å². The molecule has 0 aromatic heterocycles. The van der Waals surface area contributed by atoms with Crippen LogP contribution in [0.4, 0.5) is 0 Å². The van der Waals surface area contributed by atoms with Gasteiger partial charge in [-0.05, 0) is 36.3 Å². The van der Waals surface area contributed by atoms with Gasteiger partial charge in [-0.25, -0.2) is 0 Å². The highest BCUT2D eigenvalue weighted by molar-refractivity contribution is 7.80. The third kappa shape index (κ3) is 6.36. The van der Waals surface area contributed by atoms with Crippen LogP contribution < -0.4 is 20.3 Å². The van der Waals surface area contributed by atoms with Gasteiger partial charge in [-0.3, -0.25) is 0 Å². The summed E-state index contributed by atoms with van der Waals surface area (Å²) in [6, 6.07) is 19.0. The number of hydrogen-bond donors (Lipinski definition) is 3. The molecule has 1 atom stereocenters. The van der Waals surface area contributed by atoms with Crippen LogP contribution in [0.2, 0.25) is 0 Å². The molecule has 0 spiro atoms. The van der Waals surface area contributed by atoms with Crippen LogP contribution in [0.15, 0.2) is 54.6 Å². The third-order valence-electron chi connectivity index (χ3n) is 4.22. The van der Waals surface area contributed by atoms with Crippen LogP contribution in [-0.2, 0) is 6.42 Å². The van der Waals surface area contributed by atoms with Crippen molar-refractivity contribution in [1.82, 2.24) is 10.6 Å². The Morgan fingerprint density at radius 2 is 1.72 bits per heavy atom. The Labute approximate surface area is 156 Å². The topological polar surface area (TPSA) is 37.7 Å². The first-order chi connectivity index (χ1) is 12.1. The zero-order chi connectivity index (χ0) is 18.1. The van der Waals surface area contributed by atoms with Gasteiger partial charge in [0.05, 0.1) is 27.7 Å². The zero-order valence-corrected chi connectivity index (χ0v) is 16.0. The van der Waals surface area contributed by atoms with Crippen LogP contribution in [0, 0.1) is 0 Å². The van der Waals surface area contributed by atoms with E-state index in [2.05, 4.69) is 61.1 Å². The van der Waals surface area contributed by atoms with Crippen LogP contribution in [0.1, 0.15) is 17.2 Å². The van der Waals surface area contributed by atoms with Gasteiger partial charge in [0.25, 0.3) is 0 Å². The number of likely N-dealkylation sites (N-methyl/N-ethyl adjacent to an activating group) is 1. The predicted molar refractivity (Wildman–Crippen MR) is 107 cm³/mol. The summed E-state index contributed by atoms with van der Waals surface area (Å²) in [5.41, 5.74) is 2.58. The molecule has 0 unspecified atom stereocenters. The number of nitrogens with one attached hydrogen (secondary N) is 3. The molecular formula is C20H28N3OS+. The molecule has 0 amide bonds. The minimum Gasteiger partial charge on any atom is -0.497 e. The van der Waals surface area contributed by atoms with Gasteiger partial charge >= 0.3 is 0 Å². The molecule has 0 bridgehead atoms. The van der Waals surface area contributed by atoms with Gasteiger partial charge in [0, 0.05) is 12.1 Å². The Kier molecular flexibility index (Phi) is 7.70. The molecule has 0 aliphatic rings. The van der Waals surface area contributed by atoms with E-state index in [1.807, 2.05) is 18.2 Å². The van der Waals surface area contributed by atoms with E-state index < -0.39 is 0 Å². The van der Waals surface area contributed by atoms with Gasteiger partial charge in [0.15, 0.2) is 5.11 Å². The Hall–Kier alpha value is -2.11. The Bertz CT molecular complexity index is 644. The van der Waals surface area contributed by atoms with Crippen molar-refractivity contribution < 1.29 is 9.64 Å². The highest BCUT2D eigenvalue weighted by Crippen LogP contribution is 2.11. The van der Waals surface area contributed by atoms with Crippen molar-refractivity contribution in [3.8, 4) is 5.75 Å². The van der Waals surface area contributed by atoms with E-state index in [9.17, 15) is 0 Å². The van der Waals surface area contributed by atoms with Crippen molar-refractivity contribution in [1.29, 1.82) is 0 Å². The van der Waals surface area contributed by atoms with Crippen LogP contribution in [0.3, 0.4) is 0 Å². The molecule has 0 fully saturated rings. The molecule has 0 heterocycles. The molecule has 0 radical (unpaired) electrons. The van der Waals surface area contributed by atoms with Gasteiger partial charge in [0.1, 0.15) is 11.8 Å². The SMILES string of the molecule is COc1ccc(CCNC(=S)NC[C@H](c2ccccc2)[NH+](C)C)cc1. The minimum atomic E-state index is 0.363. The summed E-state index contributed by atoms with van der Waals surface area (Å²) >= 11 is 5.41. The van der Waals surface area contributed by atoms with Gasteiger partial charge in [0.2, 0.25) is 0 Å². The average Bonchev–Trinajstić information content (AvgIpc) is 2.63. The van der Waals surface area contributed by atoms with Gasteiger partial charge in [-0.2, -0.15) is 0 Å². The van der Waals surface area contributed by atoms with Crippen LogP contribution >= 0.6 is 12.2 Å². The zero-order valence-electron chi connectivity index (χ0n) is 15.2. The maximum absolute atomic E-state index is 5.41. The molecule has 0 saturated carbocycles. The number of methoxy groups -OCH3 is 1. The lowest BCUT2D eigenvalue weighted by atomic mass is 10.1. The molecule has 2 rings (SSSR count). The predicted octanol–water partition coefficient (Wildman–Crippen LogP) is 1.59. The minimum absolute atomic E-state index is 0.363. The molecule has 5 heteroatoms. The fourth-order valence-electron chi connectivity index (χ4n) is 2.71. The number of quaternary nitrogens is 1. The second-order valence-electron chi connectivity index (χ2n) is 6.28. The molecule has 0 saturated heterocycles. The molecule has 2 aromatic carbocycles. The smallest absolute Gasteiger partial charge is 0.166 e. The first-order valence-electron chi connectivity index (χ1n) is 8.59. The normalized spacial score (nSPS) is 11.8. The average molecular weight is 359 g/mol. The standard InChI is InChI=1S/C20H27N3OS/c1-23(2)19(17-7-5-4-6-8-17)15-22-20(25)21-14-13-16-9-11-18(24-3)12-10-16/h4-12,19H,13-15H2,1-3H3,(H2,21,22,25)/p+1/t19-/m1/s1. The lowest BCUT2D eigenvalue weighted by molar-refractivity contribution is -0.890. The summed E-state index contributed by atoms with van der Waals surface area (Å²) < 4.78 is 5.17. The molecule has 4 nitrogen and oxygen atoms in total. The highest BCUT2D eigenvalue weighted by atomic mass is 32.1. The molecular weight excluding hydrogens is 330 g/mol. The van der Waals surface area contributed by atoms with Gasteiger partial charge in [-0.15, -0.1) is 0 Å². The molecule has 2 aromatic rings. The van der Waals surface area contributed by atoms with Gasteiger partial charge in [-0.1, -0.05) is 42.5 Å². The maximum Gasteiger partial charge on any atom is 0.166 e. The second-order valence-corrected chi connectivity index (χ2v) is 6.68. The van der Waals surface area contributed by atoms with Gasteiger partial charge < -0.3 is 20.3 Å². The lowest BCUT2D eigenvalue weighted by Crippen LogP contribution is -3.07. The lowest BCUT2D eigenvalue weighted by Gasteiger charge is -2.23. The number of benzene rings is 2. The Morgan fingerprint density at radius 1 is 1.04 bits per heavy atom. The largest absolute Gasteiger partial charge is 0.497 e. The summed E-state index contributed by atoms with van der Waals surface area (Å²) in [5, 5.41) is 7.34. The summed E-state index contributed by atoms with van der Waals surface area (Å²) in [7, 11) is 6.01. The summed E-state index contributed by atoms with van der Waals surface area (Å²) in [6.07, 6.45) is 0.923. The summed E-state index contributed by atoms with van der Waals surface area (Å²) in [5.74, 6) is 0.882. The molecule has 0 aliphatic carbocycles.